The number of methoxy groups -OCH3 is 1. The lowest BCUT2D eigenvalue weighted by Crippen LogP contribution is -2.41. The minimum atomic E-state index is 0.0473. The van der Waals surface area contributed by atoms with Gasteiger partial charge in [0.2, 0.25) is 0 Å². The summed E-state index contributed by atoms with van der Waals surface area (Å²) in [6, 6.07) is 2.04. The van der Waals surface area contributed by atoms with E-state index in [2.05, 4.69) is 10.1 Å². The Kier molecular flexibility index (Phi) is 4.15. The highest BCUT2D eigenvalue weighted by Gasteiger charge is 2.29. The lowest BCUT2D eigenvalue weighted by Gasteiger charge is -2.33. The quantitative estimate of drug-likeness (QED) is 0.871. The number of amides is 1. The van der Waals surface area contributed by atoms with E-state index in [-0.39, 0.29) is 11.9 Å². The molecule has 118 valence electrons. The third-order valence-electron chi connectivity index (χ3n) is 3.98. The molecule has 0 aliphatic carbocycles. The summed E-state index contributed by atoms with van der Waals surface area (Å²) in [4.78, 5) is 19.7. The normalized spacial score (nSPS) is 18.5. The van der Waals surface area contributed by atoms with Gasteiger partial charge in [-0.05, 0) is 38.1 Å². The first-order valence-corrected chi connectivity index (χ1v) is 8.28. The van der Waals surface area contributed by atoms with E-state index in [0.717, 1.165) is 31.0 Å². The number of likely N-dealkylation sites (tertiary alicyclic amines) is 1. The molecule has 1 aliphatic heterocycles. The molecule has 1 unspecified atom stereocenters. The topological polar surface area (TPSA) is 60.2 Å². The SMILES string of the molecule is COc1ccsc1C(=O)N1CCCC(n2nc(C)nc2C)C1. The summed E-state index contributed by atoms with van der Waals surface area (Å²) in [5.41, 5.74) is 0. The van der Waals surface area contributed by atoms with Gasteiger partial charge in [0.15, 0.2) is 0 Å². The van der Waals surface area contributed by atoms with Crippen LogP contribution >= 0.6 is 11.3 Å². The van der Waals surface area contributed by atoms with Gasteiger partial charge in [0.05, 0.1) is 13.2 Å². The monoisotopic (exact) mass is 320 g/mol. The third kappa shape index (κ3) is 2.72. The third-order valence-corrected chi connectivity index (χ3v) is 4.86. The number of hydrogen-bond acceptors (Lipinski definition) is 5. The highest BCUT2D eigenvalue weighted by Crippen LogP contribution is 2.29. The van der Waals surface area contributed by atoms with Crippen molar-refractivity contribution in [3.05, 3.63) is 28.0 Å². The first-order chi connectivity index (χ1) is 10.6. The maximum atomic E-state index is 12.7. The average molecular weight is 320 g/mol. The van der Waals surface area contributed by atoms with Gasteiger partial charge in [-0.3, -0.25) is 4.79 Å². The zero-order valence-corrected chi connectivity index (χ0v) is 13.9. The van der Waals surface area contributed by atoms with Crippen LogP contribution in [0.2, 0.25) is 0 Å². The fraction of sp³-hybridized carbons (Fsp3) is 0.533. The number of rotatable bonds is 3. The van der Waals surface area contributed by atoms with Crippen molar-refractivity contribution in [3.8, 4) is 5.75 Å². The van der Waals surface area contributed by atoms with Crippen molar-refractivity contribution in [3.63, 3.8) is 0 Å². The number of carbonyl (C=O) groups is 1. The molecular weight excluding hydrogens is 300 g/mol. The Morgan fingerprint density at radius 1 is 1.45 bits per heavy atom. The molecule has 0 spiro atoms. The summed E-state index contributed by atoms with van der Waals surface area (Å²) in [5.74, 6) is 2.39. The van der Waals surface area contributed by atoms with Crippen molar-refractivity contribution in [2.24, 2.45) is 0 Å². The summed E-state index contributed by atoms with van der Waals surface area (Å²) >= 11 is 1.43. The first kappa shape index (κ1) is 15.0. The van der Waals surface area contributed by atoms with Gasteiger partial charge < -0.3 is 9.64 Å². The highest BCUT2D eigenvalue weighted by molar-refractivity contribution is 7.12. The number of aromatic nitrogens is 3. The fourth-order valence-electron chi connectivity index (χ4n) is 2.98. The summed E-state index contributed by atoms with van der Waals surface area (Å²) in [5, 5.41) is 6.36. The van der Waals surface area contributed by atoms with Crippen LogP contribution in [0.5, 0.6) is 5.75 Å². The fourth-order valence-corrected chi connectivity index (χ4v) is 3.80. The van der Waals surface area contributed by atoms with Crippen LogP contribution in [0.4, 0.5) is 0 Å². The van der Waals surface area contributed by atoms with Crippen LogP contribution in [-0.4, -0.2) is 45.8 Å². The summed E-state index contributed by atoms with van der Waals surface area (Å²) in [6.45, 7) is 5.31. The minimum Gasteiger partial charge on any atom is -0.495 e. The minimum absolute atomic E-state index is 0.0473. The molecule has 22 heavy (non-hydrogen) atoms. The van der Waals surface area contributed by atoms with E-state index in [4.69, 9.17) is 4.74 Å². The molecule has 2 aromatic heterocycles. The zero-order chi connectivity index (χ0) is 15.7. The predicted molar refractivity (Wildman–Crippen MR) is 84.5 cm³/mol. The van der Waals surface area contributed by atoms with Crippen LogP contribution in [0.3, 0.4) is 0 Å². The first-order valence-electron chi connectivity index (χ1n) is 7.40. The van der Waals surface area contributed by atoms with Gasteiger partial charge in [-0.25, -0.2) is 9.67 Å². The number of piperidine rings is 1. The van der Waals surface area contributed by atoms with Crippen LogP contribution in [-0.2, 0) is 0 Å². The molecule has 6 nitrogen and oxygen atoms in total. The molecule has 1 atom stereocenters. The van der Waals surface area contributed by atoms with Gasteiger partial charge in [-0.2, -0.15) is 5.10 Å². The smallest absolute Gasteiger partial charge is 0.267 e. The zero-order valence-electron chi connectivity index (χ0n) is 13.1. The Hall–Kier alpha value is -1.89. The Bertz CT molecular complexity index is 679. The van der Waals surface area contributed by atoms with Gasteiger partial charge in [-0.15, -0.1) is 11.3 Å². The molecule has 3 heterocycles. The highest BCUT2D eigenvalue weighted by atomic mass is 32.1. The lowest BCUT2D eigenvalue weighted by atomic mass is 10.1. The number of thiophene rings is 1. The van der Waals surface area contributed by atoms with Crippen molar-refractivity contribution >= 4 is 17.2 Å². The molecule has 1 aliphatic rings. The number of aryl methyl sites for hydroxylation is 2. The predicted octanol–water partition coefficient (Wildman–Crippen LogP) is 2.44. The van der Waals surface area contributed by atoms with Crippen molar-refractivity contribution in [2.75, 3.05) is 20.2 Å². The maximum absolute atomic E-state index is 12.7. The molecule has 0 radical (unpaired) electrons. The van der Waals surface area contributed by atoms with E-state index in [9.17, 15) is 4.79 Å². The van der Waals surface area contributed by atoms with Crippen molar-refractivity contribution in [1.82, 2.24) is 19.7 Å². The second kappa shape index (κ2) is 6.08. The van der Waals surface area contributed by atoms with Crippen LogP contribution < -0.4 is 4.74 Å². The van der Waals surface area contributed by atoms with Crippen LogP contribution in [0.15, 0.2) is 11.4 Å². The molecule has 0 bridgehead atoms. The Morgan fingerprint density at radius 3 is 2.95 bits per heavy atom. The molecule has 1 saturated heterocycles. The van der Waals surface area contributed by atoms with E-state index in [1.807, 2.05) is 34.9 Å². The molecular formula is C15H20N4O2S. The summed E-state index contributed by atoms with van der Waals surface area (Å²) < 4.78 is 7.23. The van der Waals surface area contributed by atoms with Crippen molar-refractivity contribution < 1.29 is 9.53 Å². The molecule has 3 rings (SSSR count). The molecule has 1 fully saturated rings. The van der Waals surface area contributed by atoms with E-state index in [0.29, 0.717) is 17.2 Å². The van der Waals surface area contributed by atoms with E-state index in [1.54, 1.807) is 7.11 Å². The largest absolute Gasteiger partial charge is 0.495 e. The van der Waals surface area contributed by atoms with Crippen molar-refractivity contribution in [1.29, 1.82) is 0 Å². The lowest BCUT2D eigenvalue weighted by molar-refractivity contribution is 0.0673. The second-order valence-corrected chi connectivity index (χ2v) is 6.43. The van der Waals surface area contributed by atoms with Crippen LogP contribution in [0.1, 0.15) is 40.2 Å². The Morgan fingerprint density at radius 2 is 2.27 bits per heavy atom. The van der Waals surface area contributed by atoms with E-state index < -0.39 is 0 Å². The Balaban J connectivity index is 1.78. The standard InChI is InChI=1S/C15H20N4O2S/c1-10-16-11(2)19(17-10)12-5-4-7-18(9-12)15(20)14-13(21-3)6-8-22-14/h6,8,12H,4-5,7,9H2,1-3H3. The second-order valence-electron chi connectivity index (χ2n) is 5.52. The number of carbonyl (C=O) groups excluding carboxylic acids is 1. The van der Waals surface area contributed by atoms with Crippen LogP contribution in [0.25, 0.3) is 0 Å². The van der Waals surface area contributed by atoms with Gasteiger partial charge in [-0.1, -0.05) is 0 Å². The van der Waals surface area contributed by atoms with Gasteiger partial charge in [0.1, 0.15) is 22.3 Å². The van der Waals surface area contributed by atoms with Crippen molar-refractivity contribution in [2.45, 2.75) is 32.7 Å². The molecule has 1 amide bonds. The molecule has 2 aromatic rings. The van der Waals surface area contributed by atoms with Gasteiger partial charge in [0, 0.05) is 13.1 Å². The number of ether oxygens (including phenoxy) is 1. The maximum Gasteiger partial charge on any atom is 0.267 e. The molecule has 0 aromatic carbocycles. The van der Waals surface area contributed by atoms with Crippen LogP contribution in [0, 0.1) is 13.8 Å². The average Bonchev–Trinajstić information content (AvgIpc) is 3.12. The summed E-state index contributed by atoms with van der Waals surface area (Å²) in [6.07, 6.45) is 2.00. The number of nitrogens with zero attached hydrogens (tertiary/aromatic N) is 4. The Labute approximate surface area is 133 Å². The molecule has 0 N–H and O–H groups in total. The molecule has 7 heteroatoms. The van der Waals surface area contributed by atoms with E-state index in [1.165, 1.54) is 11.3 Å². The van der Waals surface area contributed by atoms with Gasteiger partial charge >= 0.3 is 0 Å². The number of hydrogen-bond donors (Lipinski definition) is 0. The molecule has 0 saturated carbocycles. The van der Waals surface area contributed by atoms with E-state index >= 15 is 0 Å². The summed E-state index contributed by atoms with van der Waals surface area (Å²) in [7, 11) is 1.60. The van der Waals surface area contributed by atoms with Gasteiger partial charge in [0.25, 0.3) is 5.91 Å².